The number of hydrogen-bond acceptors (Lipinski definition) is 5. The summed E-state index contributed by atoms with van der Waals surface area (Å²) in [6.45, 7) is 1.51. The highest BCUT2D eigenvalue weighted by atomic mass is 35.5. The summed E-state index contributed by atoms with van der Waals surface area (Å²) in [5, 5.41) is 3.30. The maximum Gasteiger partial charge on any atom is 0.422 e. The van der Waals surface area contributed by atoms with Gasteiger partial charge in [-0.1, -0.05) is 0 Å². The largest absolute Gasteiger partial charge is 0.454 e. The Morgan fingerprint density at radius 1 is 1.24 bits per heavy atom. The van der Waals surface area contributed by atoms with E-state index in [0.29, 0.717) is 25.1 Å². The van der Waals surface area contributed by atoms with Gasteiger partial charge in [-0.2, -0.15) is 13.2 Å². The first-order chi connectivity index (χ1) is 11.4. The van der Waals surface area contributed by atoms with Crippen LogP contribution >= 0.6 is 12.4 Å². The van der Waals surface area contributed by atoms with E-state index in [1.807, 2.05) is 0 Å². The zero-order valence-electron chi connectivity index (χ0n) is 13.5. The van der Waals surface area contributed by atoms with Crippen molar-refractivity contribution in [3.63, 3.8) is 0 Å². The monoisotopic (exact) mass is 380 g/mol. The fourth-order valence-corrected chi connectivity index (χ4v) is 3.28. The Morgan fingerprint density at radius 3 is 2.48 bits per heavy atom. The maximum atomic E-state index is 12.2. The van der Waals surface area contributed by atoms with Crippen LogP contribution in [0.1, 0.15) is 24.8 Å². The van der Waals surface area contributed by atoms with Crippen LogP contribution in [0.15, 0.2) is 12.4 Å². The molecule has 1 amide bonds. The third kappa shape index (κ3) is 5.18. The van der Waals surface area contributed by atoms with Gasteiger partial charge in [0.15, 0.2) is 6.61 Å². The Hall–Kier alpha value is -1.61. The molecule has 0 radical (unpaired) electrons. The highest BCUT2D eigenvalue weighted by Crippen LogP contribution is 2.39. The topological polar surface area (TPSA) is 67.4 Å². The zero-order chi connectivity index (χ0) is 17.2. The number of amides is 1. The SMILES string of the molecule is Cl.O=C1CC2(CCNCC2)CN1Cc1cnc(OCC(F)(F)F)nc1. The lowest BCUT2D eigenvalue weighted by Gasteiger charge is -2.33. The Morgan fingerprint density at radius 2 is 1.88 bits per heavy atom. The zero-order valence-corrected chi connectivity index (χ0v) is 14.3. The van der Waals surface area contributed by atoms with Gasteiger partial charge in [-0.3, -0.25) is 4.79 Å². The Kier molecular flexibility index (Phi) is 6.10. The van der Waals surface area contributed by atoms with E-state index >= 15 is 0 Å². The summed E-state index contributed by atoms with van der Waals surface area (Å²) in [6.07, 6.45) is 0.903. The molecule has 3 heterocycles. The third-order valence-corrected chi connectivity index (χ3v) is 4.49. The average Bonchev–Trinajstić information content (AvgIpc) is 2.82. The maximum absolute atomic E-state index is 12.2. The summed E-state index contributed by atoms with van der Waals surface area (Å²) in [7, 11) is 0. The van der Waals surface area contributed by atoms with E-state index in [9.17, 15) is 18.0 Å². The van der Waals surface area contributed by atoms with Crippen LogP contribution in [0, 0.1) is 5.41 Å². The van der Waals surface area contributed by atoms with Crippen LogP contribution in [0.3, 0.4) is 0 Å². The van der Waals surface area contributed by atoms with E-state index in [1.54, 1.807) is 4.90 Å². The van der Waals surface area contributed by atoms with Crippen molar-refractivity contribution >= 4 is 18.3 Å². The molecule has 2 aliphatic heterocycles. The lowest BCUT2D eigenvalue weighted by Crippen LogP contribution is -2.38. The van der Waals surface area contributed by atoms with Crippen LogP contribution in [0.25, 0.3) is 0 Å². The van der Waals surface area contributed by atoms with Crippen molar-refractivity contribution in [3.05, 3.63) is 18.0 Å². The highest BCUT2D eigenvalue weighted by Gasteiger charge is 2.43. The molecule has 0 unspecified atom stereocenters. The van der Waals surface area contributed by atoms with Crippen molar-refractivity contribution < 1.29 is 22.7 Å². The number of halogens is 4. The third-order valence-electron chi connectivity index (χ3n) is 4.49. The molecule has 10 heteroatoms. The molecule has 140 valence electrons. The molecule has 0 aromatic carbocycles. The number of aromatic nitrogens is 2. The van der Waals surface area contributed by atoms with Crippen LogP contribution in [0.4, 0.5) is 13.2 Å². The number of nitrogens with one attached hydrogen (secondary N) is 1. The van der Waals surface area contributed by atoms with Crippen molar-refractivity contribution in [3.8, 4) is 6.01 Å². The highest BCUT2D eigenvalue weighted by molar-refractivity contribution is 5.85. The summed E-state index contributed by atoms with van der Waals surface area (Å²) in [5.74, 6) is 0.106. The second-order valence-corrected chi connectivity index (χ2v) is 6.45. The van der Waals surface area contributed by atoms with Crippen molar-refractivity contribution in [2.75, 3.05) is 26.2 Å². The Bertz CT molecular complexity index is 591. The molecule has 3 rings (SSSR count). The van der Waals surface area contributed by atoms with Gasteiger partial charge in [0.2, 0.25) is 5.91 Å². The van der Waals surface area contributed by atoms with E-state index in [0.717, 1.165) is 25.9 Å². The number of alkyl halides is 3. The van der Waals surface area contributed by atoms with E-state index in [1.165, 1.54) is 12.4 Å². The van der Waals surface area contributed by atoms with Crippen molar-refractivity contribution in [1.29, 1.82) is 0 Å². The molecular formula is C15H20ClF3N4O2. The molecule has 1 aromatic heterocycles. The average molecular weight is 381 g/mol. The minimum atomic E-state index is -4.42. The number of carbonyl (C=O) groups excluding carboxylic acids is 1. The van der Waals surface area contributed by atoms with Crippen LogP contribution in [-0.4, -0.2) is 53.2 Å². The number of carbonyl (C=O) groups is 1. The number of likely N-dealkylation sites (tertiary alicyclic amines) is 1. The minimum absolute atomic E-state index is 0. The first-order valence-electron chi connectivity index (χ1n) is 7.84. The lowest BCUT2D eigenvalue weighted by atomic mass is 9.78. The van der Waals surface area contributed by atoms with Gasteiger partial charge in [0.1, 0.15) is 0 Å². The first-order valence-corrected chi connectivity index (χ1v) is 7.84. The van der Waals surface area contributed by atoms with Gasteiger partial charge in [-0.25, -0.2) is 9.97 Å². The normalized spacial score (nSPS) is 19.8. The van der Waals surface area contributed by atoms with Gasteiger partial charge in [-0.05, 0) is 31.3 Å². The second-order valence-electron chi connectivity index (χ2n) is 6.45. The smallest absolute Gasteiger partial charge is 0.422 e. The molecule has 1 aromatic rings. The predicted molar refractivity (Wildman–Crippen MR) is 85.4 cm³/mol. The fourth-order valence-electron chi connectivity index (χ4n) is 3.28. The minimum Gasteiger partial charge on any atom is -0.454 e. The molecule has 1 spiro atoms. The van der Waals surface area contributed by atoms with Crippen LogP contribution in [-0.2, 0) is 11.3 Å². The molecule has 2 fully saturated rings. The fraction of sp³-hybridized carbons (Fsp3) is 0.667. The van der Waals surface area contributed by atoms with Gasteiger partial charge < -0.3 is 15.0 Å². The van der Waals surface area contributed by atoms with Crippen molar-refractivity contribution in [2.24, 2.45) is 5.41 Å². The van der Waals surface area contributed by atoms with Crippen molar-refractivity contribution in [1.82, 2.24) is 20.2 Å². The van der Waals surface area contributed by atoms with Crippen LogP contribution < -0.4 is 10.1 Å². The molecule has 25 heavy (non-hydrogen) atoms. The Balaban J connectivity index is 0.00000225. The van der Waals surface area contributed by atoms with Gasteiger partial charge in [0.05, 0.1) is 0 Å². The summed E-state index contributed by atoms with van der Waals surface area (Å²) < 4.78 is 40.7. The van der Waals surface area contributed by atoms with Crippen molar-refractivity contribution in [2.45, 2.75) is 32.0 Å². The number of nitrogens with zero attached hydrogens (tertiary/aromatic N) is 3. The Labute approximate surface area is 149 Å². The van der Waals surface area contributed by atoms with E-state index in [-0.39, 0.29) is 29.7 Å². The molecule has 0 aliphatic carbocycles. The van der Waals surface area contributed by atoms with Gasteiger partial charge in [0, 0.05) is 37.5 Å². The summed E-state index contributed by atoms with van der Waals surface area (Å²) in [4.78, 5) is 21.6. The molecule has 1 N–H and O–H groups in total. The molecular weight excluding hydrogens is 361 g/mol. The lowest BCUT2D eigenvalue weighted by molar-refractivity contribution is -0.154. The van der Waals surface area contributed by atoms with Crippen LogP contribution in [0.5, 0.6) is 6.01 Å². The first kappa shape index (κ1) is 19.7. The predicted octanol–water partition coefficient (Wildman–Crippen LogP) is 1.94. The van der Waals surface area contributed by atoms with Gasteiger partial charge >= 0.3 is 12.2 Å². The summed E-state index contributed by atoms with van der Waals surface area (Å²) in [5.41, 5.74) is 0.729. The molecule has 0 saturated carbocycles. The number of ether oxygens (including phenoxy) is 1. The second kappa shape index (κ2) is 7.74. The van der Waals surface area contributed by atoms with Crippen LogP contribution in [0.2, 0.25) is 0 Å². The molecule has 0 atom stereocenters. The molecule has 6 nitrogen and oxygen atoms in total. The van der Waals surface area contributed by atoms with E-state index < -0.39 is 12.8 Å². The van der Waals surface area contributed by atoms with E-state index in [2.05, 4.69) is 20.0 Å². The van der Waals surface area contributed by atoms with E-state index in [4.69, 9.17) is 0 Å². The molecule has 2 aliphatic rings. The quantitative estimate of drug-likeness (QED) is 0.864. The number of piperidine rings is 1. The molecule has 2 saturated heterocycles. The molecule has 0 bridgehead atoms. The summed E-state index contributed by atoms with van der Waals surface area (Å²) >= 11 is 0. The standard InChI is InChI=1S/C15H19F3N4O2.ClH/c16-15(17,18)10-24-13-20-6-11(7-21-13)8-22-9-14(5-12(22)23)1-3-19-4-2-14;/h6-7,19H,1-5,8-10H2;1H. The number of rotatable bonds is 4. The summed E-state index contributed by atoms with van der Waals surface area (Å²) in [6, 6.07) is -0.321. The number of hydrogen-bond donors (Lipinski definition) is 1. The van der Waals surface area contributed by atoms with Gasteiger partial charge in [0.25, 0.3) is 0 Å². The van der Waals surface area contributed by atoms with Gasteiger partial charge in [-0.15, -0.1) is 12.4 Å².